The van der Waals surface area contributed by atoms with E-state index in [1.807, 2.05) is 17.5 Å². The lowest BCUT2D eigenvalue weighted by Gasteiger charge is -2.12. The monoisotopic (exact) mass is 286 g/mol. The van der Waals surface area contributed by atoms with Crippen LogP contribution >= 0.6 is 27.3 Å². The van der Waals surface area contributed by atoms with Crippen molar-refractivity contribution in [3.63, 3.8) is 0 Å². The molecule has 2 heterocycles. The number of furan rings is 1. The van der Waals surface area contributed by atoms with Gasteiger partial charge in [0.1, 0.15) is 11.8 Å². The minimum absolute atomic E-state index is 0.0729. The Bertz CT molecular complexity index is 452. The van der Waals surface area contributed by atoms with Crippen molar-refractivity contribution in [2.24, 2.45) is 5.84 Å². The number of hydrazine groups is 1. The van der Waals surface area contributed by atoms with E-state index in [2.05, 4.69) is 34.3 Å². The Morgan fingerprint density at radius 1 is 1.47 bits per heavy atom. The van der Waals surface area contributed by atoms with Crippen LogP contribution in [0.4, 0.5) is 0 Å². The zero-order valence-corrected chi connectivity index (χ0v) is 10.6. The van der Waals surface area contributed by atoms with Crippen LogP contribution in [0, 0.1) is 6.92 Å². The van der Waals surface area contributed by atoms with Gasteiger partial charge in [0.25, 0.3) is 0 Å². The van der Waals surface area contributed by atoms with Gasteiger partial charge in [0.05, 0.1) is 0 Å². The van der Waals surface area contributed by atoms with Crippen molar-refractivity contribution < 1.29 is 4.42 Å². The summed E-state index contributed by atoms with van der Waals surface area (Å²) in [4.78, 5) is 1.18. The summed E-state index contributed by atoms with van der Waals surface area (Å²) >= 11 is 4.95. The summed E-state index contributed by atoms with van der Waals surface area (Å²) in [6.07, 6.45) is 0. The standard InChI is InChI=1S/C10H11BrN2OS/c1-6-4-5-15-10(6)9(13-12)7-2-3-8(11)14-7/h2-5,9,13H,12H2,1H3. The topological polar surface area (TPSA) is 51.2 Å². The SMILES string of the molecule is Cc1ccsc1C(NN)c1ccc(Br)o1. The molecule has 0 amide bonds. The second-order valence-corrected chi connectivity index (χ2v) is 4.94. The molecule has 2 aromatic rings. The lowest BCUT2D eigenvalue weighted by molar-refractivity contribution is 0.439. The van der Waals surface area contributed by atoms with Crippen LogP contribution in [-0.4, -0.2) is 0 Å². The van der Waals surface area contributed by atoms with Crippen molar-refractivity contribution in [1.82, 2.24) is 5.43 Å². The first-order valence-electron chi connectivity index (χ1n) is 4.47. The largest absolute Gasteiger partial charge is 0.452 e. The number of halogens is 1. The maximum atomic E-state index is 5.56. The lowest BCUT2D eigenvalue weighted by Crippen LogP contribution is -2.28. The van der Waals surface area contributed by atoms with E-state index in [1.54, 1.807) is 11.3 Å². The molecule has 0 radical (unpaired) electrons. The average Bonchev–Trinajstić information content (AvgIpc) is 2.79. The second kappa shape index (κ2) is 4.49. The van der Waals surface area contributed by atoms with Crippen LogP contribution in [-0.2, 0) is 0 Å². The fourth-order valence-electron chi connectivity index (χ4n) is 1.45. The number of hydrogen-bond donors (Lipinski definition) is 2. The second-order valence-electron chi connectivity index (χ2n) is 3.21. The molecule has 2 rings (SSSR count). The molecule has 15 heavy (non-hydrogen) atoms. The highest BCUT2D eigenvalue weighted by molar-refractivity contribution is 9.10. The maximum absolute atomic E-state index is 5.56. The van der Waals surface area contributed by atoms with Gasteiger partial charge in [-0.3, -0.25) is 5.84 Å². The Kier molecular flexibility index (Phi) is 3.25. The summed E-state index contributed by atoms with van der Waals surface area (Å²) < 4.78 is 6.21. The minimum Gasteiger partial charge on any atom is -0.452 e. The minimum atomic E-state index is -0.0729. The molecular formula is C10H11BrN2OS. The number of nitrogens with one attached hydrogen (secondary N) is 1. The van der Waals surface area contributed by atoms with Gasteiger partial charge in [0, 0.05) is 4.88 Å². The van der Waals surface area contributed by atoms with Crippen molar-refractivity contribution in [1.29, 1.82) is 0 Å². The molecule has 0 aromatic carbocycles. The number of aryl methyl sites for hydroxylation is 1. The quantitative estimate of drug-likeness (QED) is 0.674. The van der Waals surface area contributed by atoms with Crippen molar-refractivity contribution in [2.75, 3.05) is 0 Å². The van der Waals surface area contributed by atoms with E-state index in [9.17, 15) is 0 Å². The van der Waals surface area contributed by atoms with Gasteiger partial charge >= 0.3 is 0 Å². The molecule has 0 saturated carbocycles. The smallest absolute Gasteiger partial charge is 0.169 e. The van der Waals surface area contributed by atoms with E-state index in [0.29, 0.717) is 4.67 Å². The van der Waals surface area contributed by atoms with Gasteiger partial charge in [-0.25, -0.2) is 5.43 Å². The fraction of sp³-hybridized carbons (Fsp3) is 0.200. The summed E-state index contributed by atoms with van der Waals surface area (Å²) in [5.74, 6) is 6.37. The van der Waals surface area contributed by atoms with E-state index in [0.717, 1.165) is 5.76 Å². The van der Waals surface area contributed by atoms with Gasteiger partial charge < -0.3 is 4.42 Å². The van der Waals surface area contributed by atoms with Crippen LogP contribution in [0.5, 0.6) is 0 Å². The van der Waals surface area contributed by atoms with Gasteiger partial charge in [-0.05, 0) is 52.0 Å². The van der Waals surface area contributed by atoms with Crippen LogP contribution in [0.3, 0.4) is 0 Å². The van der Waals surface area contributed by atoms with E-state index >= 15 is 0 Å². The van der Waals surface area contributed by atoms with Crippen molar-refractivity contribution in [2.45, 2.75) is 13.0 Å². The molecule has 0 aliphatic heterocycles. The van der Waals surface area contributed by atoms with Crippen molar-refractivity contribution >= 4 is 27.3 Å². The molecule has 3 N–H and O–H groups in total. The molecule has 0 bridgehead atoms. The van der Waals surface area contributed by atoms with Gasteiger partial charge in [-0.1, -0.05) is 0 Å². The molecule has 80 valence electrons. The van der Waals surface area contributed by atoms with Gasteiger partial charge in [0.15, 0.2) is 4.67 Å². The van der Waals surface area contributed by atoms with Gasteiger partial charge in [-0.2, -0.15) is 0 Å². The highest BCUT2D eigenvalue weighted by Gasteiger charge is 2.19. The molecule has 5 heteroatoms. The van der Waals surface area contributed by atoms with E-state index in [-0.39, 0.29) is 6.04 Å². The van der Waals surface area contributed by atoms with Crippen molar-refractivity contribution in [3.8, 4) is 0 Å². The van der Waals surface area contributed by atoms with Crippen LogP contribution < -0.4 is 11.3 Å². The number of rotatable bonds is 3. The highest BCUT2D eigenvalue weighted by atomic mass is 79.9. The van der Waals surface area contributed by atoms with Crippen LogP contribution in [0.2, 0.25) is 0 Å². The number of nitrogens with two attached hydrogens (primary N) is 1. The molecule has 0 aliphatic rings. The molecule has 0 saturated heterocycles. The molecule has 0 spiro atoms. The normalized spacial score (nSPS) is 13.0. The van der Waals surface area contributed by atoms with E-state index < -0.39 is 0 Å². The summed E-state index contributed by atoms with van der Waals surface area (Å²) in [5.41, 5.74) is 3.99. The third kappa shape index (κ3) is 2.15. The summed E-state index contributed by atoms with van der Waals surface area (Å²) in [7, 11) is 0. The Labute approximate surface area is 100 Å². The van der Waals surface area contributed by atoms with Crippen molar-refractivity contribution in [3.05, 3.63) is 44.4 Å². The predicted octanol–water partition coefficient (Wildman–Crippen LogP) is 2.96. The van der Waals surface area contributed by atoms with Gasteiger partial charge in [0.2, 0.25) is 0 Å². The summed E-state index contributed by atoms with van der Waals surface area (Å²) in [6, 6.07) is 5.77. The van der Waals surface area contributed by atoms with Crippen LogP contribution in [0.15, 0.2) is 32.7 Å². The fourth-order valence-corrected chi connectivity index (χ4v) is 2.76. The Morgan fingerprint density at radius 2 is 2.27 bits per heavy atom. The van der Waals surface area contributed by atoms with Gasteiger partial charge in [-0.15, -0.1) is 11.3 Å². The highest BCUT2D eigenvalue weighted by Crippen LogP contribution is 2.30. The Hall–Kier alpha value is -0.620. The lowest BCUT2D eigenvalue weighted by atomic mass is 10.1. The van der Waals surface area contributed by atoms with Crippen LogP contribution in [0.1, 0.15) is 22.2 Å². The molecular weight excluding hydrogens is 276 g/mol. The Morgan fingerprint density at radius 3 is 2.73 bits per heavy atom. The number of hydrogen-bond acceptors (Lipinski definition) is 4. The molecule has 2 aromatic heterocycles. The van der Waals surface area contributed by atoms with E-state index in [4.69, 9.17) is 10.3 Å². The summed E-state index contributed by atoms with van der Waals surface area (Å²) in [6.45, 7) is 2.06. The molecule has 0 fully saturated rings. The first-order chi connectivity index (χ1) is 7.22. The molecule has 3 nitrogen and oxygen atoms in total. The zero-order chi connectivity index (χ0) is 10.8. The number of thiophene rings is 1. The van der Waals surface area contributed by atoms with Crippen LogP contribution in [0.25, 0.3) is 0 Å². The third-order valence-corrected chi connectivity index (χ3v) is 3.72. The van der Waals surface area contributed by atoms with E-state index in [1.165, 1.54) is 10.4 Å². The summed E-state index contributed by atoms with van der Waals surface area (Å²) in [5, 5.41) is 2.05. The first-order valence-corrected chi connectivity index (χ1v) is 6.15. The Balaban J connectivity index is 2.36. The zero-order valence-electron chi connectivity index (χ0n) is 8.16. The predicted molar refractivity (Wildman–Crippen MR) is 64.6 cm³/mol. The average molecular weight is 287 g/mol. The molecule has 1 unspecified atom stereocenters. The molecule has 1 atom stereocenters. The third-order valence-electron chi connectivity index (χ3n) is 2.21. The maximum Gasteiger partial charge on any atom is 0.169 e. The molecule has 0 aliphatic carbocycles. The first kappa shape index (κ1) is 10.9.